The average molecular weight is 378 g/mol. The van der Waals surface area contributed by atoms with E-state index in [2.05, 4.69) is 36.4 Å². The van der Waals surface area contributed by atoms with Gasteiger partial charge in [-0.3, -0.25) is 4.79 Å². The molecule has 140 valence electrons. The van der Waals surface area contributed by atoms with Crippen LogP contribution in [0.15, 0.2) is 97.1 Å². The molecule has 0 atom stereocenters. The Hall–Kier alpha value is -3.98. The van der Waals surface area contributed by atoms with Crippen LogP contribution in [0.5, 0.6) is 0 Å². The second-order valence-electron chi connectivity index (χ2n) is 6.78. The van der Waals surface area contributed by atoms with Crippen molar-refractivity contribution in [1.82, 2.24) is 0 Å². The van der Waals surface area contributed by atoms with Crippen molar-refractivity contribution in [2.45, 2.75) is 0 Å². The lowest BCUT2D eigenvalue weighted by Gasteiger charge is -2.07. The summed E-state index contributed by atoms with van der Waals surface area (Å²) in [4.78, 5) is 21.8. The van der Waals surface area contributed by atoms with Gasteiger partial charge >= 0.3 is 5.97 Å². The highest BCUT2D eigenvalue weighted by molar-refractivity contribution is 5.88. The van der Waals surface area contributed by atoms with Crippen LogP contribution >= 0.6 is 0 Å². The molecule has 1 N–H and O–H groups in total. The summed E-state index contributed by atoms with van der Waals surface area (Å²) in [6, 6.07) is 30.9. The molecule has 0 radical (unpaired) electrons. The van der Waals surface area contributed by atoms with E-state index < -0.39 is 5.97 Å². The number of aldehydes is 1. The molecule has 4 rings (SSSR count). The van der Waals surface area contributed by atoms with Crippen LogP contribution < -0.4 is 0 Å². The van der Waals surface area contributed by atoms with Gasteiger partial charge in [0.25, 0.3) is 0 Å². The minimum atomic E-state index is -0.921. The first-order chi connectivity index (χ1) is 14.1. The predicted octanol–water partition coefficient (Wildman–Crippen LogP) is 6.20. The van der Waals surface area contributed by atoms with Gasteiger partial charge in [0.1, 0.15) is 6.29 Å². The van der Waals surface area contributed by atoms with Crippen LogP contribution in [-0.4, -0.2) is 17.4 Å². The fraction of sp³-hybridized carbons (Fsp3) is 0. The number of aromatic carboxylic acids is 1. The minimum Gasteiger partial charge on any atom is -0.478 e. The van der Waals surface area contributed by atoms with Crippen LogP contribution in [0, 0.1) is 0 Å². The van der Waals surface area contributed by atoms with Crippen molar-refractivity contribution in [1.29, 1.82) is 0 Å². The zero-order valence-electron chi connectivity index (χ0n) is 15.6. The molecule has 0 unspecified atom stereocenters. The first-order valence-corrected chi connectivity index (χ1v) is 9.24. The summed E-state index contributed by atoms with van der Waals surface area (Å²) in [6.45, 7) is 0. The molecule has 0 spiro atoms. The Morgan fingerprint density at radius 1 is 0.517 bits per heavy atom. The fourth-order valence-corrected chi connectivity index (χ4v) is 3.27. The SMILES string of the molecule is O=Cc1ccc(-c2ccc(-c3ccc(-c4ccc(C(=O)O)cc4)cc3)cc2)cc1. The third kappa shape index (κ3) is 3.99. The molecular formula is C26H18O3. The van der Waals surface area contributed by atoms with Gasteiger partial charge in [-0.25, -0.2) is 4.79 Å². The first-order valence-electron chi connectivity index (χ1n) is 9.24. The van der Waals surface area contributed by atoms with Gasteiger partial charge in [0, 0.05) is 5.56 Å². The lowest BCUT2D eigenvalue weighted by atomic mass is 9.97. The van der Waals surface area contributed by atoms with Gasteiger partial charge in [0.15, 0.2) is 0 Å². The van der Waals surface area contributed by atoms with Crippen molar-refractivity contribution in [2.24, 2.45) is 0 Å². The van der Waals surface area contributed by atoms with Crippen LogP contribution in [0.4, 0.5) is 0 Å². The zero-order valence-corrected chi connectivity index (χ0v) is 15.6. The van der Waals surface area contributed by atoms with Crippen molar-refractivity contribution in [3.8, 4) is 33.4 Å². The monoisotopic (exact) mass is 378 g/mol. The van der Waals surface area contributed by atoms with E-state index in [9.17, 15) is 9.59 Å². The number of rotatable bonds is 5. The number of hydrogen-bond acceptors (Lipinski definition) is 2. The Morgan fingerprint density at radius 3 is 1.07 bits per heavy atom. The number of carbonyl (C=O) groups excluding carboxylic acids is 1. The van der Waals surface area contributed by atoms with E-state index in [1.807, 2.05) is 48.5 Å². The number of carboxylic acid groups (broad SMARTS) is 1. The quantitative estimate of drug-likeness (QED) is 0.421. The summed E-state index contributed by atoms with van der Waals surface area (Å²) in [7, 11) is 0. The molecule has 0 saturated heterocycles. The molecule has 0 aliphatic rings. The van der Waals surface area contributed by atoms with Gasteiger partial charge < -0.3 is 5.11 Å². The number of carbonyl (C=O) groups is 2. The summed E-state index contributed by atoms with van der Waals surface area (Å²) < 4.78 is 0. The fourth-order valence-electron chi connectivity index (χ4n) is 3.27. The van der Waals surface area contributed by atoms with E-state index in [0.717, 1.165) is 39.7 Å². The summed E-state index contributed by atoms with van der Waals surface area (Å²) in [5.41, 5.74) is 7.37. The molecule has 29 heavy (non-hydrogen) atoms. The van der Waals surface area contributed by atoms with Crippen LogP contribution in [0.2, 0.25) is 0 Å². The Labute approximate surface area is 168 Å². The maximum Gasteiger partial charge on any atom is 0.335 e. The molecule has 0 bridgehead atoms. The summed E-state index contributed by atoms with van der Waals surface area (Å²) in [6.07, 6.45) is 0.844. The summed E-state index contributed by atoms with van der Waals surface area (Å²) >= 11 is 0. The van der Waals surface area contributed by atoms with Crippen LogP contribution in [0.3, 0.4) is 0 Å². The highest BCUT2D eigenvalue weighted by atomic mass is 16.4. The largest absolute Gasteiger partial charge is 0.478 e. The smallest absolute Gasteiger partial charge is 0.335 e. The number of carboxylic acids is 1. The van der Waals surface area contributed by atoms with Crippen LogP contribution in [0.1, 0.15) is 20.7 Å². The second kappa shape index (κ2) is 7.95. The van der Waals surface area contributed by atoms with Crippen molar-refractivity contribution in [2.75, 3.05) is 0 Å². The van der Waals surface area contributed by atoms with Crippen LogP contribution in [-0.2, 0) is 0 Å². The molecule has 4 aromatic carbocycles. The maximum absolute atomic E-state index is 11.0. The highest BCUT2D eigenvalue weighted by Crippen LogP contribution is 2.27. The van der Waals surface area contributed by atoms with Crippen LogP contribution in [0.25, 0.3) is 33.4 Å². The number of benzene rings is 4. The van der Waals surface area contributed by atoms with Gasteiger partial charge in [0.05, 0.1) is 5.56 Å². The third-order valence-electron chi connectivity index (χ3n) is 4.95. The molecule has 0 aromatic heterocycles. The van der Waals surface area contributed by atoms with Crippen molar-refractivity contribution < 1.29 is 14.7 Å². The Kier molecular flexibility index (Phi) is 5.04. The molecular weight excluding hydrogens is 360 g/mol. The summed E-state index contributed by atoms with van der Waals surface area (Å²) in [5, 5.41) is 9.01. The minimum absolute atomic E-state index is 0.284. The maximum atomic E-state index is 11.0. The topological polar surface area (TPSA) is 54.4 Å². The highest BCUT2D eigenvalue weighted by Gasteiger charge is 2.05. The Balaban J connectivity index is 1.54. The average Bonchev–Trinajstić information content (AvgIpc) is 2.79. The molecule has 0 fully saturated rings. The van der Waals surface area contributed by atoms with Crippen molar-refractivity contribution in [3.05, 3.63) is 108 Å². The zero-order chi connectivity index (χ0) is 20.2. The van der Waals surface area contributed by atoms with E-state index in [1.54, 1.807) is 12.1 Å². The normalized spacial score (nSPS) is 10.5. The van der Waals surface area contributed by atoms with Gasteiger partial charge in [-0.2, -0.15) is 0 Å². The number of hydrogen-bond donors (Lipinski definition) is 1. The lowest BCUT2D eigenvalue weighted by molar-refractivity contribution is 0.0696. The lowest BCUT2D eigenvalue weighted by Crippen LogP contribution is -1.94. The van der Waals surface area contributed by atoms with Gasteiger partial charge in [0.2, 0.25) is 0 Å². The molecule has 0 aliphatic carbocycles. The molecule has 3 nitrogen and oxygen atoms in total. The Morgan fingerprint density at radius 2 is 0.793 bits per heavy atom. The van der Waals surface area contributed by atoms with E-state index in [0.29, 0.717) is 5.56 Å². The summed E-state index contributed by atoms with van der Waals surface area (Å²) in [5.74, 6) is -0.921. The molecule has 3 heteroatoms. The van der Waals surface area contributed by atoms with Crippen molar-refractivity contribution in [3.63, 3.8) is 0 Å². The van der Waals surface area contributed by atoms with E-state index >= 15 is 0 Å². The molecule has 0 aliphatic heterocycles. The van der Waals surface area contributed by atoms with E-state index in [4.69, 9.17) is 5.11 Å². The molecule has 0 heterocycles. The Bertz CT molecular complexity index is 1140. The molecule has 4 aromatic rings. The van der Waals surface area contributed by atoms with Gasteiger partial charge in [-0.05, 0) is 45.5 Å². The molecule has 0 amide bonds. The van der Waals surface area contributed by atoms with Crippen molar-refractivity contribution >= 4 is 12.3 Å². The molecule has 0 saturated carbocycles. The third-order valence-corrected chi connectivity index (χ3v) is 4.95. The van der Waals surface area contributed by atoms with E-state index in [-0.39, 0.29) is 5.56 Å². The predicted molar refractivity (Wildman–Crippen MR) is 115 cm³/mol. The first kappa shape index (κ1) is 18.4. The second-order valence-corrected chi connectivity index (χ2v) is 6.78. The van der Waals surface area contributed by atoms with Gasteiger partial charge in [-0.1, -0.05) is 84.9 Å². The van der Waals surface area contributed by atoms with Gasteiger partial charge in [-0.15, -0.1) is 0 Å². The van der Waals surface area contributed by atoms with E-state index in [1.165, 1.54) is 0 Å². The standard InChI is InChI=1S/C26H18O3/c27-17-18-1-3-19(4-2-18)20-5-7-21(8-6-20)22-9-11-23(12-10-22)24-13-15-25(16-14-24)26(28)29/h1-17H,(H,28,29).